The molecule has 0 heterocycles. The lowest BCUT2D eigenvalue weighted by molar-refractivity contribution is 0.434. The van der Waals surface area contributed by atoms with Gasteiger partial charge in [0, 0.05) is 26.2 Å². The molecule has 0 aliphatic carbocycles. The number of hydrogen-bond acceptors (Lipinski definition) is 4. The summed E-state index contributed by atoms with van der Waals surface area (Å²) in [7, 11) is -5.19. The maximum Gasteiger partial charge on any atom is 0.283 e. The smallest absolute Gasteiger partial charge is 0.283 e. The summed E-state index contributed by atoms with van der Waals surface area (Å²) in [4.78, 5) is 0. The van der Waals surface area contributed by atoms with Gasteiger partial charge in [-0.2, -0.15) is 8.42 Å². The molecule has 0 amide bonds. The minimum absolute atomic E-state index is 0.106. The lowest BCUT2D eigenvalue weighted by atomic mass is 9.83. The maximum atomic E-state index is 13.0. The predicted molar refractivity (Wildman–Crippen MR) is 114 cm³/mol. The van der Waals surface area contributed by atoms with Gasteiger partial charge in [-0.25, -0.2) is 0 Å². The number of aromatic hydroxyl groups is 2. The second-order valence-electron chi connectivity index (χ2n) is 6.06. The van der Waals surface area contributed by atoms with Gasteiger partial charge in [-0.15, -0.1) is 0 Å². The highest BCUT2D eigenvalue weighted by Gasteiger charge is 2.54. The summed E-state index contributed by atoms with van der Waals surface area (Å²) in [5.74, 6) is -1.15. The summed E-state index contributed by atoms with van der Waals surface area (Å²) in [5.41, 5.74) is -0.903. The van der Waals surface area contributed by atoms with Crippen LogP contribution < -0.4 is 0 Å². The minimum Gasteiger partial charge on any atom is -0.508 e. The van der Waals surface area contributed by atoms with E-state index in [0.717, 1.165) is 12.1 Å². The molecule has 0 spiro atoms. The van der Waals surface area contributed by atoms with Gasteiger partial charge in [0.2, 0.25) is 0 Å². The number of phenolic OH excluding ortho intramolecular Hbond substituents is 2. The molecular weight excluding hydrogens is 482 g/mol. The zero-order valence-electron chi connectivity index (χ0n) is 14.3. The molecule has 1 atom stereocenters. The highest BCUT2D eigenvalue weighted by Crippen LogP contribution is 2.54. The van der Waals surface area contributed by atoms with Gasteiger partial charge >= 0.3 is 0 Å². The van der Waals surface area contributed by atoms with Crippen LogP contribution in [0, 0.1) is 0 Å². The number of halogens is 4. The molecule has 3 N–H and O–H groups in total. The molecule has 0 saturated carbocycles. The lowest BCUT2D eigenvalue weighted by Gasteiger charge is -2.35. The molecule has 0 aliphatic rings. The third-order valence-corrected chi connectivity index (χ3v) is 7.05. The van der Waals surface area contributed by atoms with Crippen LogP contribution in [-0.2, 0) is 14.9 Å². The molecule has 0 radical (unpaired) electrons. The predicted octanol–water partition coefficient (Wildman–Crippen LogP) is 5.89. The third kappa shape index (κ3) is 3.54. The number of rotatable bonds is 4. The Bertz CT molecular complexity index is 1190. The topological polar surface area (TPSA) is 94.8 Å². The number of phenols is 2. The van der Waals surface area contributed by atoms with Crippen molar-refractivity contribution in [1.29, 1.82) is 0 Å². The van der Waals surface area contributed by atoms with Crippen LogP contribution in [-0.4, -0.2) is 23.2 Å². The van der Waals surface area contributed by atoms with Crippen molar-refractivity contribution in [2.45, 2.75) is 4.75 Å². The first-order chi connectivity index (χ1) is 13.5. The summed E-state index contributed by atoms with van der Waals surface area (Å²) in [6, 6.07) is 11.8. The number of benzene rings is 3. The van der Waals surface area contributed by atoms with Gasteiger partial charge in [0.25, 0.3) is 10.1 Å². The van der Waals surface area contributed by atoms with Gasteiger partial charge in [0.15, 0.2) is 4.75 Å². The van der Waals surface area contributed by atoms with Gasteiger partial charge in [-0.05, 0) is 42.0 Å². The lowest BCUT2D eigenvalue weighted by Crippen LogP contribution is -2.39. The number of hydrogen-bond donors (Lipinski definition) is 3. The van der Waals surface area contributed by atoms with Crippen LogP contribution in [0.15, 0.2) is 54.6 Å². The van der Waals surface area contributed by atoms with Crippen molar-refractivity contribution in [1.82, 2.24) is 0 Å². The van der Waals surface area contributed by atoms with Crippen molar-refractivity contribution < 1.29 is 23.2 Å². The van der Waals surface area contributed by atoms with E-state index in [9.17, 15) is 23.2 Å². The first-order valence-electron chi connectivity index (χ1n) is 7.90. The van der Waals surface area contributed by atoms with Gasteiger partial charge in [-0.3, -0.25) is 4.55 Å². The quantitative estimate of drug-likeness (QED) is 0.239. The van der Waals surface area contributed by atoms with E-state index >= 15 is 0 Å². The first kappa shape index (κ1) is 22.0. The third-order valence-electron chi connectivity index (χ3n) is 4.38. The van der Waals surface area contributed by atoms with Crippen molar-refractivity contribution in [2.24, 2.45) is 0 Å². The Morgan fingerprint density at radius 1 is 0.759 bits per heavy atom. The molecule has 5 nitrogen and oxygen atoms in total. The summed E-state index contributed by atoms with van der Waals surface area (Å²) < 4.78 is 34.0. The average molecular weight is 494 g/mol. The average Bonchev–Trinajstić information content (AvgIpc) is 2.62. The molecule has 152 valence electrons. The molecule has 3 aromatic rings. The Hall–Kier alpha value is -1.67. The van der Waals surface area contributed by atoms with Crippen LogP contribution in [0.3, 0.4) is 0 Å². The van der Waals surface area contributed by atoms with E-state index in [2.05, 4.69) is 0 Å². The monoisotopic (exact) mass is 492 g/mol. The summed E-state index contributed by atoms with van der Waals surface area (Å²) in [6.07, 6.45) is 0. The summed E-state index contributed by atoms with van der Waals surface area (Å²) in [5, 5.41) is 20.1. The molecule has 0 aliphatic heterocycles. The Kier molecular flexibility index (Phi) is 5.98. The van der Waals surface area contributed by atoms with Crippen LogP contribution in [0.5, 0.6) is 11.5 Å². The molecule has 3 rings (SSSR count). The maximum absolute atomic E-state index is 13.0. The molecule has 3 aromatic carbocycles. The van der Waals surface area contributed by atoms with Crippen LogP contribution in [0.25, 0.3) is 0 Å². The van der Waals surface area contributed by atoms with Gasteiger partial charge < -0.3 is 10.2 Å². The van der Waals surface area contributed by atoms with Crippen molar-refractivity contribution in [3.05, 3.63) is 91.4 Å². The van der Waals surface area contributed by atoms with E-state index in [0.29, 0.717) is 0 Å². The molecule has 0 saturated heterocycles. The van der Waals surface area contributed by atoms with Crippen LogP contribution >= 0.6 is 46.4 Å². The SMILES string of the molecule is O=S(=O)(O)C(c1cccc(Cl)c1)(c1c(Cl)cccc1Cl)c1c(O)ccc(O)c1Cl. The second-order valence-corrected chi connectivity index (χ2v) is 9.25. The summed E-state index contributed by atoms with van der Waals surface area (Å²) >= 11 is 25.0. The molecule has 29 heavy (non-hydrogen) atoms. The van der Waals surface area contributed by atoms with Gasteiger partial charge in [0.05, 0.1) is 5.02 Å². The van der Waals surface area contributed by atoms with E-state index in [1.165, 1.54) is 42.5 Å². The Morgan fingerprint density at radius 2 is 1.31 bits per heavy atom. The fourth-order valence-electron chi connectivity index (χ4n) is 3.25. The molecule has 0 aromatic heterocycles. The Labute approximate surface area is 186 Å². The van der Waals surface area contributed by atoms with Crippen LogP contribution in [0.4, 0.5) is 0 Å². The van der Waals surface area contributed by atoms with E-state index in [1.807, 2.05) is 0 Å². The van der Waals surface area contributed by atoms with E-state index in [1.54, 1.807) is 0 Å². The molecule has 1 unspecified atom stereocenters. The van der Waals surface area contributed by atoms with E-state index < -0.39 is 37.0 Å². The minimum atomic E-state index is -5.19. The highest BCUT2D eigenvalue weighted by atomic mass is 35.5. The Morgan fingerprint density at radius 3 is 1.86 bits per heavy atom. The van der Waals surface area contributed by atoms with Crippen molar-refractivity contribution in [3.8, 4) is 11.5 Å². The van der Waals surface area contributed by atoms with E-state index in [-0.39, 0.29) is 26.2 Å². The zero-order chi connectivity index (χ0) is 21.6. The molecule has 0 bridgehead atoms. The van der Waals surface area contributed by atoms with Crippen molar-refractivity contribution >= 4 is 56.5 Å². The van der Waals surface area contributed by atoms with Crippen LogP contribution in [0.1, 0.15) is 16.7 Å². The van der Waals surface area contributed by atoms with Gasteiger partial charge in [0.1, 0.15) is 11.5 Å². The van der Waals surface area contributed by atoms with Crippen molar-refractivity contribution in [2.75, 3.05) is 0 Å². The van der Waals surface area contributed by atoms with Gasteiger partial charge in [-0.1, -0.05) is 64.6 Å². The largest absolute Gasteiger partial charge is 0.508 e. The molecule has 0 fully saturated rings. The van der Waals surface area contributed by atoms with E-state index in [4.69, 9.17) is 46.4 Å². The normalized spacial score (nSPS) is 13.8. The fourth-order valence-corrected chi connectivity index (χ4v) is 5.96. The first-order valence-corrected chi connectivity index (χ1v) is 10.9. The molecule has 10 heteroatoms. The van der Waals surface area contributed by atoms with Crippen LogP contribution in [0.2, 0.25) is 20.1 Å². The zero-order valence-corrected chi connectivity index (χ0v) is 18.1. The molecular formula is C19H12Cl4O5S. The Balaban J connectivity index is 2.71. The highest BCUT2D eigenvalue weighted by molar-refractivity contribution is 7.87. The van der Waals surface area contributed by atoms with Crippen molar-refractivity contribution in [3.63, 3.8) is 0 Å². The second kappa shape index (κ2) is 7.87. The fraction of sp³-hybridized carbons (Fsp3) is 0.0526. The summed E-state index contributed by atoms with van der Waals surface area (Å²) in [6.45, 7) is 0. The standard InChI is InChI=1S/C19H12Cl4O5S/c20-11-4-1-3-10(9-11)19(29(26,27)28,16-12(21)5-2-6-13(16)22)17-14(24)7-8-15(25)18(17)23/h1-9,24-25H,(H,26,27,28).